The predicted octanol–water partition coefficient (Wildman–Crippen LogP) is 2.05. The maximum absolute atomic E-state index is 12.2. The Morgan fingerprint density at radius 2 is 1.86 bits per heavy atom. The predicted molar refractivity (Wildman–Crippen MR) is 113 cm³/mol. The van der Waals surface area contributed by atoms with Crippen molar-refractivity contribution in [3.63, 3.8) is 0 Å². The van der Waals surface area contributed by atoms with Crippen molar-refractivity contribution in [1.29, 1.82) is 0 Å². The van der Waals surface area contributed by atoms with Crippen molar-refractivity contribution < 1.29 is 14.3 Å². The first kappa shape index (κ1) is 21.0. The second kappa shape index (κ2) is 10.2. The molecule has 6 heteroatoms. The van der Waals surface area contributed by atoms with Crippen molar-refractivity contribution in [2.75, 3.05) is 32.8 Å². The molecular formula is C23H29N3O3. The summed E-state index contributed by atoms with van der Waals surface area (Å²) in [5, 5.41) is 5.53. The quantitative estimate of drug-likeness (QED) is 0.753. The van der Waals surface area contributed by atoms with Crippen LogP contribution in [0.3, 0.4) is 0 Å². The van der Waals surface area contributed by atoms with E-state index in [9.17, 15) is 9.59 Å². The van der Waals surface area contributed by atoms with Gasteiger partial charge in [0.25, 0.3) is 5.91 Å². The minimum absolute atomic E-state index is 0.0492. The summed E-state index contributed by atoms with van der Waals surface area (Å²) in [6, 6.07) is 15.8. The van der Waals surface area contributed by atoms with Gasteiger partial charge in [0.2, 0.25) is 5.91 Å². The van der Waals surface area contributed by atoms with Gasteiger partial charge in [0.05, 0.1) is 19.3 Å². The molecule has 2 aromatic carbocycles. The van der Waals surface area contributed by atoms with Crippen molar-refractivity contribution in [1.82, 2.24) is 15.5 Å². The van der Waals surface area contributed by atoms with Gasteiger partial charge in [-0.2, -0.15) is 0 Å². The summed E-state index contributed by atoms with van der Waals surface area (Å²) in [7, 11) is 0. The SMILES string of the molecule is Cc1ccc(C(=O)NCC(=O)NCC2CN(Cc3ccccc3)CCO2)cc1C. The van der Waals surface area contributed by atoms with E-state index in [0.29, 0.717) is 18.7 Å². The average Bonchev–Trinajstić information content (AvgIpc) is 2.73. The first-order valence-electron chi connectivity index (χ1n) is 10.0. The number of hydrogen-bond acceptors (Lipinski definition) is 4. The van der Waals surface area contributed by atoms with Crippen LogP contribution in [0, 0.1) is 13.8 Å². The van der Waals surface area contributed by atoms with Gasteiger partial charge in [-0.25, -0.2) is 0 Å². The molecule has 154 valence electrons. The van der Waals surface area contributed by atoms with Crippen molar-refractivity contribution in [3.8, 4) is 0 Å². The molecule has 1 fully saturated rings. The lowest BCUT2D eigenvalue weighted by Crippen LogP contribution is -2.48. The van der Waals surface area contributed by atoms with Gasteiger partial charge in [0.1, 0.15) is 0 Å². The van der Waals surface area contributed by atoms with Crippen LogP contribution < -0.4 is 10.6 Å². The molecule has 1 heterocycles. The number of nitrogens with one attached hydrogen (secondary N) is 2. The van der Waals surface area contributed by atoms with E-state index in [1.165, 1.54) is 5.56 Å². The Bertz CT molecular complexity index is 839. The molecule has 0 radical (unpaired) electrons. The summed E-state index contributed by atoms with van der Waals surface area (Å²) in [6.07, 6.45) is -0.0492. The first-order chi connectivity index (χ1) is 14.0. The summed E-state index contributed by atoms with van der Waals surface area (Å²) in [5.41, 5.74) is 4.02. The Morgan fingerprint density at radius 3 is 2.62 bits per heavy atom. The fraction of sp³-hybridized carbons (Fsp3) is 0.391. The fourth-order valence-electron chi connectivity index (χ4n) is 3.32. The Labute approximate surface area is 172 Å². The second-order valence-corrected chi connectivity index (χ2v) is 7.50. The molecule has 1 unspecified atom stereocenters. The fourth-order valence-corrected chi connectivity index (χ4v) is 3.32. The van der Waals surface area contributed by atoms with Crippen molar-refractivity contribution in [3.05, 3.63) is 70.8 Å². The van der Waals surface area contributed by atoms with Gasteiger partial charge >= 0.3 is 0 Å². The lowest BCUT2D eigenvalue weighted by atomic mass is 10.1. The molecule has 1 atom stereocenters. The van der Waals surface area contributed by atoms with E-state index in [-0.39, 0.29) is 24.5 Å². The minimum atomic E-state index is -0.244. The number of ether oxygens (including phenoxy) is 1. The van der Waals surface area contributed by atoms with E-state index < -0.39 is 0 Å². The van der Waals surface area contributed by atoms with Crippen LogP contribution in [0.1, 0.15) is 27.0 Å². The van der Waals surface area contributed by atoms with Gasteiger partial charge in [0, 0.05) is 31.7 Å². The highest BCUT2D eigenvalue weighted by atomic mass is 16.5. The lowest BCUT2D eigenvalue weighted by Gasteiger charge is -2.33. The molecule has 0 saturated carbocycles. The molecule has 2 aromatic rings. The first-order valence-corrected chi connectivity index (χ1v) is 10.0. The molecule has 6 nitrogen and oxygen atoms in total. The Hall–Kier alpha value is -2.70. The highest BCUT2D eigenvalue weighted by molar-refractivity contribution is 5.96. The third kappa shape index (κ3) is 6.41. The number of benzene rings is 2. The van der Waals surface area contributed by atoms with Crippen LogP contribution in [-0.2, 0) is 16.1 Å². The Kier molecular flexibility index (Phi) is 7.38. The minimum Gasteiger partial charge on any atom is -0.374 e. The molecule has 29 heavy (non-hydrogen) atoms. The molecule has 0 spiro atoms. The molecule has 1 saturated heterocycles. The van der Waals surface area contributed by atoms with Crippen LogP contribution in [-0.4, -0.2) is 55.6 Å². The molecule has 2 amide bonds. The van der Waals surface area contributed by atoms with E-state index in [1.54, 1.807) is 6.07 Å². The van der Waals surface area contributed by atoms with Gasteiger partial charge in [0.15, 0.2) is 0 Å². The van der Waals surface area contributed by atoms with E-state index in [1.807, 2.05) is 44.2 Å². The molecule has 1 aliphatic heterocycles. The number of amides is 2. The molecule has 0 aromatic heterocycles. The van der Waals surface area contributed by atoms with E-state index >= 15 is 0 Å². The zero-order valence-electron chi connectivity index (χ0n) is 17.1. The van der Waals surface area contributed by atoms with Crippen molar-refractivity contribution >= 4 is 11.8 Å². The number of morpholine rings is 1. The third-order valence-corrected chi connectivity index (χ3v) is 5.18. The van der Waals surface area contributed by atoms with Crippen molar-refractivity contribution in [2.24, 2.45) is 0 Å². The number of aryl methyl sites for hydroxylation is 2. The monoisotopic (exact) mass is 395 g/mol. The van der Waals surface area contributed by atoms with Crippen molar-refractivity contribution in [2.45, 2.75) is 26.5 Å². The third-order valence-electron chi connectivity index (χ3n) is 5.18. The van der Waals surface area contributed by atoms with Gasteiger partial charge in [-0.05, 0) is 42.7 Å². The summed E-state index contributed by atoms with van der Waals surface area (Å²) in [4.78, 5) is 26.7. The summed E-state index contributed by atoms with van der Waals surface area (Å²) in [6.45, 7) is 7.52. The summed E-state index contributed by atoms with van der Waals surface area (Å²) < 4.78 is 5.77. The topological polar surface area (TPSA) is 70.7 Å². The Morgan fingerprint density at radius 1 is 1.07 bits per heavy atom. The van der Waals surface area contributed by atoms with Gasteiger partial charge < -0.3 is 15.4 Å². The largest absolute Gasteiger partial charge is 0.374 e. The molecular weight excluding hydrogens is 366 g/mol. The van der Waals surface area contributed by atoms with Crippen LogP contribution in [0.2, 0.25) is 0 Å². The summed E-state index contributed by atoms with van der Waals surface area (Å²) >= 11 is 0. The van der Waals surface area contributed by atoms with Crippen LogP contribution in [0.4, 0.5) is 0 Å². The van der Waals surface area contributed by atoms with Gasteiger partial charge in [-0.1, -0.05) is 36.4 Å². The number of carbonyl (C=O) groups excluding carboxylic acids is 2. The molecule has 3 rings (SSSR count). The zero-order valence-corrected chi connectivity index (χ0v) is 17.1. The summed E-state index contributed by atoms with van der Waals surface area (Å²) in [5.74, 6) is -0.461. The maximum Gasteiger partial charge on any atom is 0.251 e. The zero-order chi connectivity index (χ0) is 20.6. The maximum atomic E-state index is 12.2. The number of hydrogen-bond donors (Lipinski definition) is 2. The van der Waals surface area contributed by atoms with E-state index in [2.05, 4.69) is 27.7 Å². The molecule has 0 aliphatic carbocycles. The van der Waals surface area contributed by atoms with Gasteiger partial charge in [-0.15, -0.1) is 0 Å². The molecule has 0 bridgehead atoms. The second-order valence-electron chi connectivity index (χ2n) is 7.50. The van der Waals surface area contributed by atoms with E-state index in [4.69, 9.17) is 4.74 Å². The van der Waals surface area contributed by atoms with E-state index in [0.717, 1.165) is 30.8 Å². The Balaban J connectivity index is 1.39. The highest BCUT2D eigenvalue weighted by Gasteiger charge is 2.21. The molecule has 1 aliphatic rings. The number of nitrogens with zero attached hydrogens (tertiary/aromatic N) is 1. The number of rotatable bonds is 7. The number of carbonyl (C=O) groups is 2. The molecule has 2 N–H and O–H groups in total. The lowest BCUT2D eigenvalue weighted by molar-refractivity contribution is -0.121. The van der Waals surface area contributed by atoms with Crippen LogP contribution in [0.15, 0.2) is 48.5 Å². The van der Waals surface area contributed by atoms with Crippen LogP contribution in [0.5, 0.6) is 0 Å². The smallest absolute Gasteiger partial charge is 0.251 e. The van der Waals surface area contributed by atoms with Crippen LogP contribution >= 0.6 is 0 Å². The van der Waals surface area contributed by atoms with Crippen LogP contribution in [0.25, 0.3) is 0 Å². The normalized spacial score (nSPS) is 17.0. The van der Waals surface area contributed by atoms with Gasteiger partial charge in [-0.3, -0.25) is 14.5 Å². The average molecular weight is 396 g/mol. The highest BCUT2D eigenvalue weighted by Crippen LogP contribution is 2.11. The standard InChI is InChI=1S/C23H29N3O3/c1-17-8-9-20(12-18(17)2)23(28)25-14-22(27)24-13-21-16-26(10-11-29-21)15-19-6-4-3-5-7-19/h3-9,12,21H,10-11,13-16H2,1-2H3,(H,24,27)(H,25,28).